The number of amides is 1. The normalized spacial score (nSPS) is 23.2. The van der Waals surface area contributed by atoms with E-state index >= 15 is 0 Å². The summed E-state index contributed by atoms with van der Waals surface area (Å²) in [6, 6.07) is 7.76. The van der Waals surface area contributed by atoms with Gasteiger partial charge in [0.1, 0.15) is 6.04 Å². The van der Waals surface area contributed by atoms with Gasteiger partial charge in [-0.25, -0.2) is 8.42 Å². The Morgan fingerprint density at radius 3 is 2.61 bits per heavy atom. The molecule has 0 saturated carbocycles. The van der Waals surface area contributed by atoms with E-state index in [0.29, 0.717) is 25.4 Å². The third-order valence-corrected chi connectivity index (χ3v) is 6.46. The quantitative estimate of drug-likeness (QED) is 0.823. The molecule has 2 aliphatic rings. The molecule has 2 N–H and O–H groups in total. The summed E-state index contributed by atoms with van der Waals surface area (Å²) in [7, 11) is -3.63. The van der Waals surface area contributed by atoms with Crippen molar-refractivity contribution in [1.82, 2.24) is 14.9 Å². The van der Waals surface area contributed by atoms with Crippen LogP contribution in [0.4, 0.5) is 0 Å². The number of carbonyl (C=O) groups excluding carboxylic acids is 1. The predicted octanol–water partition coefficient (Wildman–Crippen LogP) is 0.565. The lowest BCUT2D eigenvalue weighted by Crippen LogP contribution is -2.54. The number of benzene rings is 1. The molecule has 0 aliphatic carbocycles. The van der Waals surface area contributed by atoms with Crippen molar-refractivity contribution < 1.29 is 13.2 Å². The van der Waals surface area contributed by atoms with Gasteiger partial charge in [-0.2, -0.15) is 4.31 Å². The molecule has 1 atom stereocenters. The molecule has 1 amide bonds. The molecule has 0 aromatic heterocycles. The third kappa shape index (κ3) is 3.57. The molecule has 0 bridgehead atoms. The van der Waals surface area contributed by atoms with Crippen molar-refractivity contribution in [3.05, 3.63) is 30.3 Å². The van der Waals surface area contributed by atoms with Crippen LogP contribution in [0, 0.1) is 5.92 Å². The maximum atomic E-state index is 12.8. The Labute approximate surface area is 137 Å². The van der Waals surface area contributed by atoms with Gasteiger partial charge >= 0.3 is 0 Å². The Morgan fingerprint density at radius 1 is 1.22 bits per heavy atom. The first kappa shape index (κ1) is 16.4. The van der Waals surface area contributed by atoms with Crippen molar-refractivity contribution in [2.24, 2.45) is 5.92 Å². The lowest BCUT2D eigenvalue weighted by atomic mass is 10.0. The molecule has 6 nitrogen and oxygen atoms in total. The molecular formula is C16H23N3O3S. The van der Waals surface area contributed by atoms with Gasteiger partial charge in [-0.1, -0.05) is 24.6 Å². The number of nitrogens with zero attached hydrogens (tertiary/aromatic N) is 1. The zero-order valence-electron chi connectivity index (χ0n) is 13.1. The highest BCUT2D eigenvalue weighted by Crippen LogP contribution is 2.25. The second kappa shape index (κ2) is 6.98. The summed E-state index contributed by atoms with van der Waals surface area (Å²) < 4.78 is 27.1. The molecule has 126 valence electrons. The zero-order chi connectivity index (χ0) is 16.3. The smallest absolute Gasteiger partial charge is 0.243 e. The molecule has 2 aliphatic heterocycles. The summed E-state index contributed by atoms with van der Waals surface area (Å²) in [5.41, 5.74) is 0. The van der Waals surface area contributed by atoms with Crippen molar-refractivity contribution >= 4 is 15.9 Å². The highest BCUT2D eigenvalue weighted by Gasteiger charge is 2.37. The van der Waals surface area contributed by atoms with Gasteiger partial charge in [0, 0.05) is 32.1 Å². The fraction of sp³-hybridized carbons (Fsp3) is 0.562. The number of piperidine rings is 1. The van der Waals surface area contributed by atoms with Crippen LogP contribution in [-0.2, 0) is 14.8 Å². The van der Waals surface area contributed by atoms with Crippen molar-refractivity contribution in [3.63, 3.8) is 0 Å². The molecule has 1 aromatic carbocycles. The molecule has 2 fully saturated rings. The van der Waals surface area contributed by atoms with Crippen molar-refractivity contribution in [2.45, 2.75) is 30.2 Å². The number of hydrogen-bond donors (Lipinski definition) is 2. The molecule has 7 heteroatoms. The molecule has 1 unspecified atom stereocenters. The molecule has 0 radical (unpaired) electrons. The van der Waals surface area contributed by atoms with Gasteiger partial charge in [0.05, 0.1) is 4.90 Å². The van der Waals surface area contributed by atoms with Crippen LogP contribution in [-0.4, -0.2) is 50.9 Å². The van der Waals surface area contributed by atoms with Gasteiger partial charge < -0.3 is 10.6 Å². The fourth-order valence-corrected chi connectivity index (χ4v) is 4.72. The highest BCUT2D eigenvalue weighted by atomic mass is 32.2. The van der Waals surface area contributed by atoms with E-state index in [4.69, 9.17) is 0 Å². The highest BCUT2D eigenvalue weighted by molar-refractivity contribution is 7.89. The second-order valence-corrected chi connectivity index (χ2v) is 8.10. The Morgan fingerprint density at radius 2 is 1.96 bits per heavy atom. The number of rotatable bonds is 5. The number of nitrogens with one attached hydrogen (secondary N) is 2. The summed E-state index contributed by atoms with van der Waals surface area (Å²) in [4.78, 5) is 12.7. The third-order valence-electron chi connectivity index (χ3n) is 4.54. The summed E-state index contributed by atoms with van der Waals surface area (Å²) in [5, 5.41) is 6.08. The molecule has 2 heterocycles. The van der Waals surface area contributed by atoms with E-state index in [1.165, 1.54) is 4.31 Å². The van der Waals surface area contributed by atoms with E-state index in [0.717, 1.165) is 25.9 Å². The molecule has 0 spiro atoms. The van der Waals surface area contributed by atoms with Crippen LogP contribution in [0.25, 0.3) is 0 Å². The molecule has 3 rings (SSSR count). The fourth-order valence-electron chi connectivity index (χ4n) is 3.04. The van der Waals surface area contributed by atoms with E-state index in [2.05, 4.69) is 10.6 Å². The van der Waals surface area contributed by atoms with Crippen LogP contribution >= 0.6 is 0 Å². The predicted molar refractivity (Wildman–Crippen MR) is 87.3 cm³/mol. The van der Waals surface area contributed by atoms with Gasteiger partial charge in [-0.05, 0) is 25.0 Å². The van der Waals surface area contributed by atoms with Gasteiger partial charge in [0.2, 0.25) is 15.9 Å². The number of hydrogen-bond acceptors (Lipinski definition) is 4. The van der Waals surface area contributed by atoms with Crippen LogP contribution in [0.5, 0.6) is 0 Å². The first-order chi connectivity index (χ1) is 11.1. The van der Waals surface area contributed by atoms with E-state index < -0.39 is 16.1 Å². The monoisotopic (exact) mass is 337 g/mol. The molecule has 1 aromatic rings. The zero-order valence-corrected chi connectivity index (χ0v) is 13.9. The van der Waals surface area contributed by atoms with Crippen LogP contribution < -0.4 is 10.6 Å². The Balaban J connectivity index is 1.74. The van der Waals surface area contributed by atoms with Crippen molar-refractivity contribution in [1.29, 1.82) is 0 Å². The van der Waals surface area contributed by atoms with Crippen LogP contribution in [0.3, 0.4) is 0 Å². The van der Waals surface area contributed by atoms with Gasteiger partial charge in [0.25, 0.3) is 0 Å². The minimum absolute atomic E-state index is 0.170. The van der Waals surface area contributed by atoms with Crippen LogP contribution in [0.1, 0.15) is 19.3 Å². The lowest BCUT2D eigenvalue weighted by molar-refractivity contribution is -0.125. The molecule has 23 heavy (non-hydrogen) atoms. The minimum atomic E-state index is -3.63. The Bertz CT molecular complexity index is 644. The van der Waals surface area contributed by atoms with E-state index in [-0.39, 0.29) is 10.8 Å². The van der Waals surface area contributed by atoms with Gasteiger partial charge in [-0.15, -0.1) is 0 Å². The van der Waals surface area contributed by atoms with Gasteiger partial charge in [-0.3, -0.25) is 4.79 Å². The average molecular weight is 337 g/mol. The maximum absolute atomic E-state index is 12.8. The van der Waals surface area contributed by atoms with Crippen molar-refractivity contribution in [2.75, 3.05) is 26.2 Å². The minimum Gasteiger partial charge on any atom is -0.354 e. The first-order valence-corrected chi connectivity index (χ1v) is 9.58. The summed E-state index contributed by atoms with van der Waals surface area (Å²) in [6.45, 7) is 2.84. The van der Waals surface area contributed by atoms with Gasteiger partial charge in [0.15, 0.2) is 0 Å². The topological polar surface area (TPSA) is 78.5 Å². The summed E-state index contributed by atoms with van der Waals surface area (Å²) in [6.07, 6.45) is 2.26. The van der Waals surface area contributed by atoms with Crippen LogP contribution in [0.2, 0.25) is 0 Å². The standard InChI is InChI=1S/C16H23N3O3S/c20-16(18-12-13-10-17-11-13)15-8-4-5-9-19(15)23(21,22)14-6-2-1-3-7-14/h1-3,6-7,13,15,17H,4-5,8-12H2,(H,18,20). The lowest BCUT2D eigenvalue weighted by Gasteiger charge is -2.34. The SMILES string of the molecule is O=C(NCC1CNC1)C1CCCCN1S(=O)(=O)c1ccccc1. The van der Waals surface area contributed by atoms with E-state index in [1.54, 1.807) is 30.3 Å². The van der Waals surface area contributed by atoms with E-state index in [9.17, 15) is 13.2 Å². The average Bonchev–Trinajstić information content (AvgIpc) is 2.54. The Kier molecular flexibility index (Phi) is 4.99. The second-order valence-electron chi connectivity index (χ2n) is 6.21. The number of sulfonamides is 1. The molecule has 2 saturated heterocycles. The molecular weight excluding hydrogens is 314 g/mol. The maximum Gasteiger partial charge on any atom is 0.243 e. The summed E-state index contributed by atoms with van der Waals surface area (Å²) in [5.74, 6) is 0.290. The summed E-state index contributed by atoms with van der Waals surface area (Å²) >= 11 is 0. The van der Waals surface area contributed by atoms with Crippen molar-refractivity contribution in [3.8, 4) is 0 Å². The Hall–Kier alpha value is -1.44. The van der Waals surface area contributed by atoms with Crippen LogP contribution in [0.15, 0.2) is 35.2 Å². The van der Waals surface area contributed by atoms with E-state index in [1.807, 2.05) is 0 Å². The largest absolute Gasteiger partial charge is 0.354 e. The number of carbonyl (C=O) groups is 1. The first-order valence-electron chi connectivity index (χ1n) is 8.14.